The molecule has 0 saturated heterocycles. The van der Waals surface area contributed by atoms with Gasteiger partial charge in [0.1, 0.15) is 5.75 Å². The molecule has 2 aromatic carbocycles. The van der Waals surface area contributed by atoms with Gasteiger partial charge in [-0.3, -0.25) is 5.43 Å². The number of anilines is 1. The molecule has 0 atom stereocenters. The first-order chi connectivity index (χ1) is 10.9. The third-order valence-corrected chi connectivity index (χ3v) is 2.90. The maximum atomic E-state index is 12.9. The van der Waals surface area contributed by atoms with Gasteiger partial charge in [-0.2, -0.15) is 18.3 Å². The second-order valence-electron chi connectivity index (χ2n) is 5.12. The van der Waals surface area contributed by atoms with Gasteiger partial charge in [-0.05, 0) is 38.1 Å². The van der Waals surface area contributed by atoms with E-state index in [1.165, 1.54) is 24.4 Å². The summed E-state index contributed by atoms with van der Waals surface area (Å²) in [5.41, 5.74) is 2.26. The van der Waals surface area contributed by atoms with Gasteiger partial charge in [0.25, 0.3) is 0 Å². The van der Waals surface area contributed by atoms with E-state index in [2.05, 4.69) is 10.5 Å². The zero-order valence-electron chi connectivity index (χ0n) is 12.8. The van der Waals surface area contributed by atoms with Gasteiger partial charge in [-0.1, -0.05) is 24.3 Å². The second kappa shape index (κ2) is 7.17. The monoisotopic (exact) mass is 322 g/mol. The van der Waals surface area contributed by atoms with Gasteiger partial charge in [-0.15, -0.1) is 0 Å². The average Bonchev–Trinajstić information content (AvgIpc) is 2.48. The number of ether oxygens (including phenoxy) is 1. The Hall–Kier alpha value is -2.50. The molecule has 0 unspecified atom stereocenters. The molecular weight excluding hydrogens is 305 g/mol. The fourth-order valence-corrected chi connectivity index (χ4v) is 1.95. The van der Waals surface area contributed by atoms with Crippen molar-refractivity contribution >= 4 is 11.9 Å². The summed E-state index contributed by atoms with van der Waals surface area (Å²) in [4.78, 5) is 0. The van der Waals surface area contributed by atoms with E-state index in [1.807, 2.05) is 19.9 Å². The van der Waals surface area contributed by atoms with Crippen LogP contribution in [-0.2, 0) is 6.18 Å². The van der Waals surface area contributed by atoms with E-state index >= 15 is 0 Å². The molecule has 0 bridgehead atoms. The second-order valence-corrected chi connectivity index (χ2v) is 5.12. The molecule has 0 spiro atoms. The highest BCUT2D eigenvalue weighted by Crippen LogP contribution is 2.34. The van der Waals surface area contributed by atoms with Crippen LogP contribution in [0.2, 0.25) is 0 Å². The molecule has 6 heteroatoms. The molecule has 0 amide bonds. The lowest BCUT2D eigenvalue weighted by atomic mass is 10.2. The third kappa shape index (κ3) is 4.74. The van der Waals surface area contributed by atoms with Crippen LogP contribution in [0.15, 0.2) is 53.6 Å². The third-order valence-electron chi connectivity index (χ3n) is 2.90. The molecule has 0 aliphatic rings. The zero-order valence-corrected chi connectivity index (χ0v) is 12.8. The van der Waals surface area contributed by atoms with E-state index in [9.17, 15) is 13.2 Å². The number of rotatable bonds is 5. The number of halogens is 3. The lowest BCUT2D eigenvalue weighted by Gasteiger charge is -2.13. The molecule has 0 heterocycles. The van der Waals surface area contributed by atoms with E-state index in [1.54, 1.807) is 18.2 Å². The van der Waals surface area contributed by atoms with Crippen molar-refractivity contribution in [3.63, 3.8) is 0 Å². The number of nitrogens with zero attached hydrogens (tertiary/aromatic N) is 1. The van der Waals surface area contributed by atoms with Crippen molar-refractivity contribution in [2.24, 2.45) is 5.10 Å². The molecule has 1 N–H and O–H groups in total. The molecule has 2 aromatic rings. The minimum atomic E-state index is -4.43. The van der Waals surface area contributed by atoms with Crippen LogP contribution in [0.1, 0.15) is 25.0 Å². The molecule has 0 radical (unpaired) electrons. The van der Waals surface area contributed by atoms with E-state index in [0.717, 1.165) is 6.07 Å². The summed E-state index contributed by atoms with van der Waals surface area (Å²) in [6, 6.07) is 12.4. The van der Waals surface area contributed by atoms with Crippen LogP contribution in [0, 0.1) is 0 Å². The average molecular weight is 322 g/mol. The van der Waals surface area contributed by atoms with Gasteiger partial charge >= 0.3 is 6.18 Å². The van der Waals surface area contributed by atoms with Crippen molar-refractivity contribution in [1.29, 1.82) is 0 Å². The van der Waals surface area contributed by atoms with E-state index < -0.39 is 11.7 Å². The SMILES string of the molecule is CC(C)Oc1ccccc1/C=N/Nc1ccccc1C(F)(F)F. The first-order valence-electron chi connectivity index (χ1n) is 7.09. The van der Waals surface area contributed by atoms with Crippen LogP contribution >= 0.6 is 0 Å². The first-order valence-corrected chi connectivity index (χ1v) is 7.09. The molecule has 0 aliphatic carbocycles. The van der Waals surface area contributed by atoms with Gasteiger partial charge in [0, 0.05) is 5.56 Å². The minimum absolute atomic E-state index is 0.0107. The highest BCUT2D eigenvalue weighted by atomic mass is 19.4. The maximum Gasteiger partial charge on any atom is 0.418 e. The summed E-state index contributed by atoms with van der Waals surface area (Å²) in [6.45, 7) is 3.79. The zero-order chi connectivity index (χ0) is 16.9. The summed E-state index contributed by atoms with van der Waals surface area (Å²) in [7, 11) is 0. The van der Waals surface area contributed by atoms with Gasteiger partial charge in [0.2, 0.25) is 0 Å². The Morgan fingerprint density at radius 3 is 2.39 bits per heavy atom. The molecule has 0 aromatic heterocycles. The normalized spacial score (nSPS) is 11.9. The van der Waals surface area contributed by atoms with Gasteiger partial charge in [0.15, 0.2) is 0 Å². The van der Waals surface area contributed by atoms with E-state index in [4.69, 9.17) is 4.74 Å². The van der Waals surface area contributed by atoms with Crippen molar-refractivity contribution in [3.8, 4) is 5.75 Å². The number of hydrogen-bond donors (Lipinski definition) is 1. The molecule has 0 saturated carbocycles. The summed E-state index contributed by atoms with van der Waals surface area (Å²) < 4.78 is 44.3. The summed E-state index contributed by atoms with van der Waals surface area (Å²) in [5, 5.41) is 3.90. The van der Waals surface area contributed by atoms with Crippen molar-refractivity contribution in [2.45, 2.75) is 26.1 Å². The van der Waals surface area contributed by atoms with Crippen LogP contribution in [0.4, 0.5) is 18.9 Å². The number of alkyl halides is 3. The fourth-order valence-electron chi connectivity index (χ4n) is 1.95. The Morgan fingerprint density at radius 2 is 1.70 bits per heavy atom. The molecule has 2 rings (SSSR count). The Morgan fingerprint density at radius 1 is 1.04 bits per heavy atom. The van der Waals surface area contributed by atoms with Gasteiger partial charge < -0.3 is 4.74 Å². The number of hydrogen-bond acceptors (Lipinski definition) is 3. The summed E-state index contributed by atoms with van der Waals surface area (Å²) in [6.07, 6.45) is -3.01. The van der Waals surface area contributed by atoms with Crippen LogP contribution in [0.5, 0.6) is 5.75 Å². The molecule has 23 heavy (non-hydrogen) atoms. The minimum Gasteiger partial charge on any atom is -0.490 e. The highest BCUT2D eigenvalue weighted by Gasteiger charge is 2.33. The highest BCUT2D eigenvalue weighted by molar-refractivity contribution is 5.84. The number of nitrogens with one attached hydrogen (secondary N) is 1. The van der Waals surface area contributed by atoms with E-state index in [-0.39, 0.29) is 11.8 Å². The maximum absolute atomic E-state index is 12.9. The fraction of sp³-hybridized carbons (Fsp3) is 0.235. The molecular formula is C17H17F3N2O. The molecule has 122 valence electrons. The van der Waals surface area contributed by atoms with Crippen molar-refractivity contribution in [1.82, 2.24) is 0 Å². The quantitative estimate of drug-likeness (QED) is 0.625. The predicted octanol–water partition coefficient (Wildman–Crippen LogP) is 4.94. The molecule has 3 nitrogen and oxygen atoms in total. The number of benzene rings is 2. The molecule has 0 fully saturated rings. The van der Waals surface area contributed by atoms with E-state index in [0.29, 0.717) is 11.3 Å². The summed E-state index contributed by atoms with van der Waals surface area (Å²) >= 11 is 0. The Bertz CT molecular complexity index is 682. The van der Waals surface area contributed by atoms with Crippen LogP contribution < -0.4 is 10.2 Å². The van der Waals surface area contributed by atoms with Gasteiger partial charge in [-0.25, -0.2) is 0 Å². The van der Waals surface area contributed by atoms with Crippen LogP contribution in [-0.4, -0.2) is 12.3 Å². The van der Waals surface area contributed by atoms with Crippen LogP contribution in [0.25, 0.3) is 0 Å². The predicted molar refractivity (Wildman–Crippen MR) is 84.9 cm³/mol. The number of hydrazone groups is 1. The van der Waals surface area contributed by atoms with Gasteiger partial charge in [0.05, 0.1) is 23.6 Å². The van der Waals surface area contributed by atoms with Crippen LogP contribution in [0.3, 0.4) is 0 Å². The summed E-state index contributed by atoms with van der Waals surface area (Å²) in [5.74, 6) is 0.622. The number of para-hydroxylation sites is 2. The first kappa shape index (κ1) is 16.9. The smallest absolute Gasteiger partial charge is 0.418 e. The lowest BCUT2D eigenvalue weighted by Crippen LogP contribution is -2.09. The standard InChI is InChI=1S/C17H17F3N2O/c1-12(2)23-16-10-6-3-7-13(16)11-21-22-15-9-5-4-8-14(15)17(18,19)20/h3-12,22H,1-2H3/b21-11+. The Kier molecular flexibility index (Phi) is 5.26. The topological polar surface area (TPSA) is 33.6 Å². The Balaban J connectivity index is 2.18. The van der Waals surface area contributed by atoms with Crippen molar-refractivity contribution in [3.05, 3.63) is 59.7 Å². The lowest BCUT2D eigenvalue weighted by molar-refractivity contribution is -0.136. The van der Waals surface area contributed by atoms with Crippen molar-refractivity contribution < 1.29 is 17.9 Å². The molecule has 0 aliphatic heterocycles. The van der Waals surface area contributed by atoms with Crippen molar-refractivity contribution in [2.75, 3.05) is 5.43 Å². The Labute approximate surface area is 132 Å². The largest absolute Gasteiger partial charge is 0.490 e.